The predicted octanol–water partition coefficient (Wildman–Crippen LogP) is 4.98. The number of furan rings is 1. The lowest BCUT2D eigenvalue weighted by atomic mass is 9.93. The van der Waals surface area contributed by atoms with Crippen LogP contribution in [-0.4, -0.2) is 34.5 Å². The summed E-state index contributed by atoms with van der Waals surface area (Å²) in [5, 5.41) is 9.68. The van der Waals surface area contributed by atoms with Crippen molar-refractivity contribution in [3.63, 3.8) is 0 Å². The fourth-order valence-corrected chi connectivity index (χ4v) is 3.75. The van der Waals surface area contributed by atoms with Crippen molar-refractivity contribution in [2.45, 2.75) is 19.0 Å². The molecule has 1 aliphatic rings. The van der Waals surface area contributed by atoms with Gasteiger partial charge in [0, 0.05) is 19.0 Å². The minimum absolute atomic E-state index is 0.195. The molecule has 0 radical (unpaired) electrons. The predicted molar refractivity (Wildman–Crippen MR) is 130 cm³/mol. The summed E-state index contributed by atoms with van der Waals surface area (Å²) in [6, 6.07) is 18.1. The Balaban J connectivity index is 1.39. The molecule has 3 aromatic rings. The first kappa shape index (κ1) is 22.9. The van der Waals surface area contributed by atoms with Crippen LogP contribution in [0.15, 0.2) is 95.6 Å². The number of ether oxygens (including phenoxy) is 1. The third-order valence-electron chi connectivity index (χ3n) is 5.49. The number of benzene rings is 2. The van der Waals surface area contributed by atoms with E-state index in [1.165, 1.54) is 23.3 Å². The van der Waals surface area contributed by atoms with Crippen LogP contribution in [0, 0.1) is 0 Å². The first-order chi connectivity index (χ1) is 16.6. The van der Waals surface area contributed by atoms with Gasteiger partial charge in [-0.1, -0.05) is 54.6 Å². The smallest absolute Gasteiger partial charge is 0.326 e. The van der Waals surface area contributed by atoms with E-state index in [-0.39, 0.29) is 18.9 Å². The summed E-state index contributed by atoms with van der Waals surface area (Å²) in [6.45, 7) is 0.588. The van der Waals surface area contributed by atoms with Crippen LogP contribution in [0.4, 0.5) is 0 Å². The van der Waals surface area contributed by atoms with Gasteiger partial charge in [-0.25, -0.2) is 4.79 Å². The topological polar surface area (TPSA) is 80.0 Å². The van der Waals surface area contributed by atoms with Gasteiger partial charge in [-0.3, -0.25) is 4.79 Å². The van der Waals surface area contributed by atoms with Crippen LogP contribution >= 0.6 is 0 Å². The summed E-state index contributed by atoms with van der Waals surface area (Å²) in [4.78, 5) is 26.0. The fraction of sp³-hybridized carbons (Fsp3) is 0.143. The Labute approximate surface area is 198 Å². The summed E-state index contributed by atoms with van der Waals surface area (Å²) in [5.41, 5.74) is 2.91. The van der Waals surface area contributed by atoms with Gasteiger partial charge in [0.2, 0.25) is 5.91 Å². The molecule has 6 heteroatoms. The molecule has 0 spiro atoms. The van der Waals surface area contributed by atoms with Crippen LogP contribution in [0.25, 0.3) is 12.2 Å². The highest BCUT2D eigenvalue weighted by atomic mass is 16.5. The van der Waals surface area contributed by atoms with Crippen LogP contribution in [0.1, 0.15) is 22.5 Å². The molecule has 1 aromatic heterocycles. The number of carbonyl (C=O) groups excluding carboxylic acids is 1. The number of amides is 1. The fourth-order valence-electron chi connectivity index (χ4n) is 3.75. The van der Waals surface area contributed by atoms with Crippen molar-refractivity contribution in [3.05, 3.63) is 114 Å². The van der Waals surface area contributed by atoms with Crippen molar-refractivity contribution >= 4 is 24.0 Å². The summed E-state index contributed by atoms with van der Waals surface area (Å²) in [6.07, 6.45) is 12.4. The van der Waals surface area contributed by atoms with Gasteiger partial charge in [0.05, 0.1) is 6.26 Å². The molecule has 1 N–H and O–H groups in total. The minimum Gasteiger partial charge on any atom is -0.490 e. The second kappa shape index (κ2) is 11.0. The van der Waals surface area contributed by atoms with Crippen LogP contribution in [0.5, 0.6) is 5.75 Å². The van der Waals surface area contributed by atoms with E-state index in [4.69, 9.17) is 9.15 Å². The maximum absolute atomic E-state index is 12.8. The van der Waals surface area contributed by atoms with Gasteiger partial charge < -0.3 is 19.2 Å². The Kier molecular flexibility index (Phi) is 7.40. The Morgan fingerprint density at radius 1 is 1.03 bits per heavy atom. The van der Waals surface area contributed by atoms with Gasteiger partial charge in [-0.05, 0) is 53.1 Å². The SMILES string of the molecule is O=C(O)[C@@H]1Cc2ccc(OC/C=C/C=C/c3ccccc3)cc2CN1C(=O)/C=C/c1ccco1. The van der Waals surface area contributed by atoms with E-state index in [1.807, 2.05) is 72.8 Å². The number of aliphatic carboxylic acids is 1. The number of hydrogen-bond acceptors (Lipinski definition) is 4. The van der Waals surface area contributed by atoms with Crippen molar-refractivity contribution in [3.8, 4) is 5.75 Å². The van der Waals surface area contributed by atoms with E-state index in [1.54, 1.807) is 12.1 Å². The van der Waals surface area contributed by atoms with Gasteiger partial charge in [-0.15, -0.1) is 0 Å². The lowest BCUT2D eigenvalue weighted by Gasteiger charge is -2.34. The molecule has 1 amide bonds. The summed E-state index contributed by atoms with van der Waals surface area (Å²) < 4.78 is 11.0. The number of carboxylic acid groups (broad SMARTS) is 1. The summed E-state index contributed by atoms with van der Waals surface area (Å²) in [7, 11) is 0. The molecule has 0 bridgehead atoms. The molecule has 1 aliphatic heterocycles. The Hall–Kier alpha value is -4.32. The Morgan fingerprint density at radius 3 is 2.65 bits per heavy atom. The summed E-state index contributed by atoms with van der Waals surface area (Å²) >= 11 is 0. The second-order valence-electron chi connectivity index (χ2n) is 7.81. The molecule has 2 heterocycles. The standard InChI is InChI=1S/C28H25NO5/c30-27(15-14-24-11-7-17-33-24)29-20-23-18-25(13-12-22(23)19-26(29)28(31)32)34-16-6-2-5-10-21-8-3-1-4-9-21/h1-15,17-18,26H,16,19-20H2,(H,31,32)/b6-2+,10-5+,15-14+/t26-/m0/s1. The van der Waals surface area contributed by atoms with Crippen LogP contribution in [0.2, 0.25) is 0 Å². The number of carboxylic acids is 1. The average Bonchev–Trinajstić information content (AvgIpc) is 3.38. The molecule has 0 unspecified atom stereocenters. The Bertz CT molecular complexity index is 1210. The zero-order valence-electron chi connectivity index (χ0n) is 18.5. The van der Waals surface area contributed by atoms with E-state index in [0.29, 0.717) is 18.1 Å². The zero-order chi connectivity index (χ0) is 23.8. The van der Waals surface area contributed by atoms with Crippen LogP contribution in [0.3, 0.4) is 0 Å². The molecule has 172 valence electrons. The number of fused-ring (bicyclic) bond motifs is 1. The average molecular weight is 456 g/mol. The highest BCUT2D eigenvalue weighted by Crippen LogP contribution is 2.28. The summed E-state index contributed by atoms with van der Waals surface area (Å²) in [5.74, 6) is -0.212. The quantitative estimate of drug-likeness (QED) is 0.383. The van der Waals surface area contributed by atoms with Crippen molar-refractivity contribution in [1.29, 1.82) is 0 Å². The first-order valence-electron chi connectivity index (χ1n) is 11.0. The van der Waals surface area contributed by atoms with E-state index in [0.717, 1.165) is 16.7 Å². The number of rotatable bonds is 8. The molecular weight excluding hydrogens is 430 g/mol. The molecular formula is C28H25NO5. The van der Waals surface area contributed by atoms with Gasteiger partial charge in [-0.2, -0.15) is 0 Å². The molecule has 34 heavy (non-hydrogen) atoms. The second-order valence-corrected chi connectivity index (χ2v) is 7.81. The lowest BCUT2D eigenvalue weighted by Crippen LogP contribution is -2.48. The van der Waals surface area contributed by atoms with E-state index in [9.17, 15) is 14.7 Å². The van der Waals surface area contributed by atoms with Gasteiger partial charge in [0.25, 0.3) is 0 Å². The highest BCUT2D eigenvalue weighted by molar-refractivity contribution is 5.94. The van der Waals surface area contributed by atoms with Crippen molar-refractivity contribution < 1.29 is 23.8 Å². The van der Waals surface area contributed by atoms with Crippen molar-refractivity contribution in [2.24, 2.45) is 0 Å². The van der Waals surface area contributed by atoms with Crippen LogP contribution in [-0.2, 0) is 22.6 Å². The van der Waals surface area contributed by atoms with Gasteiger partial charge in [0.15, 0.2) is 0 Å². The highest BCUT2D eigenvalue weighted by Gasteiger charge is 2.33. The van der Waals surface area contributed by atoms with Crippen LogP contribution < -0.4 is 4.74 Å². The first-order valence-corrected chi connectivity index (χ1v) is 11.0. The number of carbonyl (C=O) groups is 2. The molecule has 0 aliphatic carbocycles. The minimum atomic E-state index is -1.03. The van der Waals surface area contributed by atoms with Gasteiger partial charge >= 0.3 is 5.97 Å². The van der Waals surface area contributed by atoms with Crippen molar-refractivity contribution in [2.75, 3.05) is 6.61 Å². The maximum atomic E-state index is 12.8. The van der Waals surface area contributed by atoms with Crippen molar-refractivity contribution in [1.82, 2.24) is 4.90 Å². The molecule has 6 nitrogen and oxygen atoms in total. The third kappa shape index (κ3) is 5.92. The molecule has 1 atom stereocenters. The van der Waals surface area contributed by atoms with E-state index >= 15 is 0 Å². The zero-order valence-corrected chi connectivity index (χ0v) is 18.5. The van der Waals surface area contributed by atoms with Gasteiger partial charge in [0.1, 0.15) is 24.2 Å². The molecule has 4 rings (SSSR count). The monoisotopic (exact) mass is 455 g/mol. The third-order valence-corrected chi connectivity index (χ3v) is 5.49. The molecule has 0 saturated carbocycles. The largest absolute Gasteiger partial charge is 0.490 e. The molecule has 0 fully saturated rings. The molecule has 0 saturated heterocycles. The lowest BCUT2D eigenvalue weighted by molar-refractivity contribution is -0.149. The van der Waals surface area contributed by atoms with E-state index < -0.39 is 12.0 Å². The normalized spacial score (nSPS) is 15.8. The number of allylic oxidation sites excluding steroid dienone is 2. The van der Waals surface area contributed by atoms with E-state index in [2.05, 4.69) is 0 Å². The molecule has 2 aromatic carbocycles. The maximum Gasteiger partial charge on any atom is 0.326 e. The number of hydrogen-bond donors (Lipinski definition) is 1. The Morgan fingerprint density at radius 2 is 1.88 bits per heavy atom. The number of nitrogens with zero attached hydrogens (tertiary/aromatic N) is 1.